The van der Waals surface area contributed by atoms with Crippen LogP contribution in [-0.4, -0.2) is 13.0 Å². The summed E-state index contributed by atoms with van der Waals surface area (Å²) in [5.41, 5.74) is 0. The van der Waals surface area contributed by atoms with E-state index in [-0.39, 0.29) is 31.0 Å². The number of nitriles is 1. The third-order valence-corrected chi connectivity index (χ3v) is 0.464. The van der Waals surface area contributed by atoms with Crippen LogP contribution in [0.3, 0.4) is 0 Å². The molecule has 4 heteroatoms. The molecule has 40 valence electrons. The second-order valence-corrected chi connectivity index (χ2v) is 0.980. The maximum Gasteiger partial charge on any atom is 1.00 e. The molecule has 0 radical (unpaired) electrons. The fourth-order valence-corrected chi connectivity index (χ4v) is 0.187. The minimum absolute atomic E-state index is 0. The first-order valence-electron chi connectivity index (χ1n) is 1.96. The molecule has 0 aliphatic heterocycles. The van der Waals surface area contributed by atoms with Crippen molar-refractivity contribution < 1.29 is 35.8 Å². The number of nitrogens with zero attached hydrogens (tertiary/aromatic N) is 1. The third-order valence-electron chi connectivity index (χ3n) is 0.464. The molecule has 0 atom stereocenters. The van der Waals surface area contributed by atoms with Gasteiger partial charge in [0.25, 0.3) is 0 Å². The SMILES string of the molecule is N#CCCNC=O.[H-].[Na+]. The first kappa shape index (κ1) is 10.9. The summed E-state index contributed by atoms with van der Waals surface area (Å²) in [6.07, 6.45) is 0.968. The van der Waals surface area contributed by atoms with Crippen molar-refractivity contribution >= 4 is 6.41 Å². The minimum atomic E-state index is 0. The van der Waals surface area contributed by atoms with Crippen LogP contribution >= 0.6 is 0 Å². The van der Waals surface area contributed by atoms with E-state index < -0.39 is 0 Å². The maximum absolute atomic E-state index is 9.46. The summed E-state index contributed by atoms with van der Waals surface area (Å²) in [4.78, 5) is 9.46. The van der Waals surface area contributed by atoms with Crippen LogP contribution in [0.15, 0.2) is 0 Å². The standard InChI is InChI=1S/C4H6N2O.Na.H/c5-2-1-3-6-4-7;;/h4H,1,3H2,(H,6,7);;/q;+1;-1. The Kier molecular flexibility index (Phi) is 13.6. The van der Waals surface area contributed by atoms with E-state index >= 15 is 0 Å². The topological polar surface area (TPSA) is 52.9 Å². The van der Waals surface area contributed by atoms with E-state index in [0.717, 1.165) is 0 Å². The zero-order chi connectivity index (χ0) is 5.54. The zero-order valence-corrected chi connectivity index (χ0v) is 6.85. The summed E-state index contributed by atoms with van der Waals surface area (Å²) in [5, 5.41) is 10.2. The third kappa shape index (κ3) is 9.35. The van der Waals surface area contributed by atoms with Gasteiger partial charge in [-0.2, -0.15) is 5.26 Å². The predicted octanol–water partition coefficient (Wildman–Crippen LogP) is -3.24. The molecular formula is C4H7N2NaO. The summed E-state index contributed by atoms with van der Waals surface area (Å²) in [6, 6.07) is 1.88. The van der Waals surface area contributed by atoms with Crippen LogP contribution in [0.4, 0.5) is 0 Å². The van der Waals surface area contributed by atoms with Crippen molar-refractivity contribution in [1.82, 2.24) is 5.32 Å². The van der Waals surface area contributed by atoms with Crippen LogP contribution in [0.2, 0.25) is 0 Å². The largest absolute Gasteiger partial charge is 1.00 e. The molecule has 1 N–H and O–H groups in total. The monoisotopic (exact) mass is 122 g/mol. The molecule has 0 aromatic heterocycles. The molecular weight excluding hydrogens is 115 g/mol. The summed E-state index contributed by atoms with van der Waals surface area (Å²) >= 11 is 0. The Morgan fingerprint density at radius 2 is 2.50 bits per heavy atom. The van der Waals surface area contributed by atoms with Crippen molar-refractivity contribution in [3.05, 3.63) is 0 Å². The number of carbonyl (C=O) groups excluding carboxylic acids is 1. The number of nitrogens with one attached hydrogen (secondary N) is 1. The first-order chi connectivity index (χ1) is 3.41. The maximum atomic E-state index is 9.46. The molecule has 0 aromatic carbocycles. The van der Waals surface area contributed by atoms with Crippen molar-refractivity contribution in [2.45, 2.75) is 6.42 Å². The molecule has 1 amide bonds. The van der Waals surface area contributed by atoms with Crippen LogP contribution in [0.5, 0.6) is 0 Å². The molecule has 0 fully saturated rings. The second-order valence-electron chi connectivity index (χ2n) is 0.980. The van der Waals surface area contributed by atoms with Crippen LogP contribution < -0.4 is 34.9 Å². The van der Waals surface area contributed by atoms with E-state index in [1.54, 1.807) is 0 Å². The average Bonchev–Trinajstić information content (AvgIpc) is 1.69. The number of hydrogen-bond acceptors (Lipinski definition) is 2. The average molecular weight is 122 g/mol. The summed E-state index contributed by atoms with van der Waals surface area (Å²) in [5.74, 6) is 0. The van der Waals surface area contributed by atoms with Crippen molar-refractivity contribution in [3.63, 3.8) is 0 Å². The summed E-state index contributed by atoms with van der Waals surface area (Å²) in [7, 11) is 0. The molecule has 0 saturated heterocycles. The molecule has 0 spiro atoms. The van der Waals surface area contributed by atoms with E-state index in [9.17, 15) is 4.79 Å². The van der Waals surface area contributed by atoms with Crippen LogP contribution in [0.1, 0.15) is 7.85 Å². The van der Waals surface area contributed by atoms with Gasteiger partial charge in [0.05, 0.1) is 12.5 Å². The van der Waals surface area contributed by atoms with E-state index in [0.29, 0.717) is 19.4 Å². The van der Waals surface area contributed by atoms with E-state index in [1.807, 2.05) is 6.07 Å². The summed E-state index contributed by atoms with van der Waals surface area (Å²) < 4.78 is 0. The van der Waals surface area contributed by atoms with Crippen LogP contribution in [-0.2, 0) is 4.79 Å². The molecule has 3 nitrogen and oxygen atoms in total. The van der Waals surface area contributed by atoms with E-state index in [1.165, 1.54) is 0 Å². The summed E-state index contributed by atoms with van der Waals surface area (Å²) in [6.45, 7) is 0.458. The van der Waals surface area contributed by atoms with E-state index in [2.05, 4.69) is 5.32 Å². The second kappa shape index (κ2) is 10.0. The molecule has 0 bridgehead atoms. The van der Waals surface area contributed by atoms with Gasteiger partial charge < -0.3 is 6.74 Å². The Morgan fingerprint density at radius 1 is 1.88 bits per heavy atom. The quantitative estimate of drug-likeness (QED) is 0.243. The van der Waals surface area contributed by atoms with Gasteiger partial charge >= 0.3 is 29.6 Å². The smallest absolute Gasteiger partial charge is 1.00 e. The molecule has 0 heterocycles. The Hall–Kier alpha value is -0.0400. The molecule has 0 aliphatic carbocycles. The van der Waals surface area contributed by atoms with Crippen molar-refractivity contribution in [2.24, 2.45) is 0 Å². The van der Waals surface area contributed by atoms with Crippen LogP contribution in [0.25, 0.3) is 0 Å². The van der Waals surface area contributed by atoms with Crippen LogP contribution in [0, 0.1) is 11.3 Å². The van der Waals surface area contributed by atoms with Gasteiger partial charge in [-0.1, -0.05) is 0 Å². The number of carbonyl (C=O) groups is 1. The van der Waals surface area contributed by atoms with Crippen molar-refractivity contribution in [3.8, 4) is 6.07 Å². The van der Waals surface area contributed by atoms with Gasteiger partial charge in [0.15, 0.2) is 0 Å². The Morgan fingerprint density at radius 3 is 2.88 bits per heavy atom. The van der Waals surface area contributed by atoms with Gasteiger partial charge in [0.1, 0.15) is 0 Å². The Labute approximate surface area is 71.8 Å². The fourth-order valence-electron chi connectivity index (χ4n) is 0.187. The van der Waals surface area contributed by atoms with Crippen molar-refractivity contribution in [1.29, 1.82) is 5.26 Å². The first-order valence-corrected chi connectivity index (χ1v) is 1.96. The fraction of sp³-hybridized carbons (Fsp3) is 0.500. The van der Waals surface area contributed by atoms with Gasteiger partial charge in [-0.3, -0.25) is 4.79 Å². The normalized spacial score (nSPS) is 5.88. The number of hydrogen-bond donors (Lipinski definition) is 1. The molecule has 0 aliphatic rings. The Bertz CT molecular complexity index is 93.1. The number of rotatable bonds is 3. The van der Waals surface area contributed by atoms with Crippen molar-refractivity contribution in [2.75, 3.05) is 6.54 Å². The molecule has 0 aromatic rings. The van der Waals surface area contributed by atoms with Gasteiger partial charge in [0.2, 0.25) is 6.41 Å². The Balaban J connectivity index is -0.000000180. The minimum Gasteiger partial charge on any atom is -1.00 e. The molecule has 0 unspecified atom stereocenters. The predicted molar refractivity (Wildman–Crippen MR) is 25.4 cm³/mol. The number of amides is 1. The van der Waals surface area contributed by atoms with E-state index in [4.69, 9.17) is 5.26 Å². The molecule has 0 rings (SSSR count). The van der Waals surface area contributed by atoms with Gasteiger partial charge in [-0.15, -0.1) is 0 Å². The zero-order valence-electron chi connectivity index (χ0n) is 5.85. The molecule has 0 saturated carbocycles. The molecule has 8 heavy (non-hydrogen) atoms. The van der Waals surface area contributed by atoms with Gasteiger partial charge in [0, 0.05) is 6.54 Å². The van der Waals surface area contributed by atoms with Gasteiger partial charge in [-0.05, 0) is 0 Å². The van der Waals surface area contributed by atoms with Gasteiger partial charge in [-0.25, -0.2) is 0 Å².